The van der Waals surface area contributed by atoms with Crippen molar-refractivity contribution in [3.05, 3.63) is 52.8 Å². The number of aromatic nitrogens is 2. The minimum absolute atomic E-state index is 0.0152. The Labute approximate surface area is 152 Å². The summed E-state index contributed by atoms with van der Waals surface area (Å²) in [6, 6.07) is 7.47. The van der Waals surface area contributed by atoms with E-state index in [1.807, 2.05) is 17.6 Å². The molecule has 0 atom stereocenters. The van der Waals surface area contributed by atoms with Crippen LogP contribution in [0, 0.1) is 0 Å². The molecule has 3 rings (SSSR count). The molecule has 3 N–H and O–H groups in total. The fraction of sp³-hybridized carbons (Fsp3) is 0.250. The SMILES string of the molecule is O=C(NNC(=O)C(F)F)c1cnc(NC2(c3ccc(Cl)cc3)CC2)nc1. The quantitative estimate of drug-likeness (QED) is 0.690. The first-order chi connectivity index (χ1) is 12.4. The molecule has 2 amide bonds. The summed E-state index contributed by atoms with van der Waals surface area (Å²) in [5.74, 6) is -2.08. The maximum Gasteiger partial charge on any atom is 0.317 e. The second kappa shape index (κ2) is 7.20. The minimum atomic E-state index is -3.22. The Morgan fingerprint density at radius 1 is 1.08 bits per heavy atom. The third kappa shape index (κ3) is 4.05. The predicted octanol–water partition coefficient (Wildman–Crippen LogP) is 2.26. The highest BCUT2D eigenvalue weighted by molar-refractivity contribution is 6.30. The van der Waals surface area contributed by atoms with Crippen LogP contribution in [-0.4, -0.2) is 28.2 Å². The molecule has 1 aliphatic rings. The van der Waals surface area contributed by atoms with Crippen LogP contribution >= 0.6 is 11.6 Å². The van der Waals surface area contributed by atoms with Gasteiger partial charge in [0.25, 0.3) is 5.91 Å². The van der Waals surface area contributed by atoms with E-state index in [0.29, 0.717) is 11.0 Å². The van der Waals surface area contributed by atoms with Crippen molar-refractivity contribution >= 4 is 29.4 Å². The van der Waals surface area contributed by atoms with Crippen LogP contribution in [0.5, 0.6) is 0 Å². The number of nitrogens with zero attached hydrogens (tertiary/aromatic N) is 2. The maximum absolute atomic E-state index is 12.1. The zero-order valence-electron chi connectivity index (χ0n) is 13.3. The third-order valence-electron chi connectivity index (χ3n) is 3.91. The van der Waals surface area contributed by atoms with Gasteiger partial charge >= 0.3 is 12.3 Å². The van der Waals surface area contributed by atoms with Crippen molar-refractivity contribution in [2.45, 2.75) is 24.8 Å². The van der Waals surface area contributed by atoms with Crippen LogP contribution in [0.2, 0.25) is 5.02 Å². The van der Waals surface area contributed by atoms with E-state index in [9.17, 15) is 18.4 Å². The van der Waals surface area contributed by atoms with E-state index in [4.69, 9.17) is 11.6 Å². The average Bonchev–Trinajstić information content (AvgIpc) is 3.41. The summed E-state index contributed by atoms with van der Waals surface area (Å²) in [5, 5.41) is 3.88. The fourth-order valence-corrected chi connectivity index (χ4v) is 2.47. The molecule has 1 aromatic carbocycles. The molecular weight excluding hydrogens is 368 g/mol. The number of halogens is 3. The summed E-state index contributed by atoms with van der Waals surface area (Å²) in [5.41, 5.74) is 4.27. The first-order valence-electron chi connectivity index (χ1n) is 7.64. The summed E-state index contributed by atoms with van der Waals surface area (Å²) in [6.45, 7) is 0. The van der Waals surface area contributed by atoms with Crippen molar-refractivity contribution in [3.8, 4) is 0 Å². The molecule has 0 unspecified atom stereocenters. The smallest absolute Gasteiger partial charge is 0.317 e. The van der Waals surface area contributed by atoms with E-state index < -0.39 is 18.2 Å². The number of alkyl halides is 2. The number of carbonyl (C=O) groups excluding carboxylic acids is 2. The Morgan fingerprint density at radius 2 is 1.69 bits per heavy atom. The highest BCUT2D eigenvalue weighted by Crippen LogP contribution is 2.47. The lowest BCUT2D eigenvalue weighted by atomic mass is 10.1. The van der Waals surface area contributed by atoms with E-state index in [2.05, 4.69) is 15.3 Å². The molecule has 26 heavy (non-hydrogen) atoms. The van der Waals surface area contributed by atoms with Gasteiger partial charge in [0.05, 0.1) is 11.1 Å². The fourth-order valence-electron chi connectivity index (χ4n) is 2.35. The van der Waals surface area contributed by atoms with Crippen LogP contribution in [0.4, 0.5) is 14.7 Å². The van der Waals surface area contributed by atoms with Gasteiger partial charge in [0.15, 0.2) is 0 Å². The molecule has 0 aliphatic heterocycles. The Bertz CT molecular complexity index is 810. The Kier molecular flexibility index (Phi) is 4.99. The van der Waals surface area contributed by atoms with Gasteiger partial charge in [0, 0.05) is 17.4 Å². The Morgan fingerprint density at radius 3 is 2.23 bits per heavy atom. The molecule has 2 aromatic rings. The van der Waals surface area contributed by atoms with Gasteiger partial charge < -0.3 is 5.32 Å². The second-order valence-electron chi connectivity index (χ2n) is 5.75. The monoisotopic (exact) mass is 381 g/mol. The van der Waals surface area contributed by atoms with Crippen molar-refractivity contribution < 1.29 is 18.4 Å². The number of nitrogens with one attached hydrogen (secondary N) is 3. The van der Waals surface area contributed by atoms with Crippen LogP contribution in [-0.2, 0) is 10.3 Å². The van der Waals surface area contributed by atoms with Gasteiger partial charge in [-0.25, -0.2) is 9.97 Å². The lowest BCUT2D eigenvalue weighted by molar-refractivity contribution is -0.132. The molecule has 1 heterocycles. The summed E-state index contributed by atoms with van der Waals surface area (Å²) < 4.78 is 24.1. The minimum Gasteiger partial charge on any atom is -0.345 e. The van der Waals surface area contributed by atoms with Crippen molar-refractivity contribution in [2.24, 2.45) is 0 Å². The molecule has 1 aromatic heterocycles. The third-order valence-corrected chi connectivity index (χ3v) is 4.16. The largest absolute Gasteiger partial charge is 0.345 e. The van der Waals surface area contributed by atoms with Gasteiger partial charge in [-0.1, -0.05) is 23.7 Å². The van der Waals surface area contributed by atoms with Crippen molar-refractivity contribution in [1.29, 1.82) is 0 Å². The number of rotatable bonds is 5. The van der Waals surface area contributed by atoms with E-state index in [1.165, 1.54) is 12.4 Å². The maximum atomic E-state index is 12.1. The molecule has 1 fully saturated rings. The van der Waals surface area contributed by atoms with Gasteiger partial charge in [0.2, 0.25) is 5.95 Å². The van der Waals surface area contributed by atoms with Gasteiger partial charge in [-0.2, -0.15) is 8.78 Å². The molecule has 1 aliphatic carbocycles. The first-order valence-corrected chi connectivity index (χ1v) is 8.02. The molecule has 1 saturated carbocycles. The standard InChI is InChI=1S/C16H14ClF2N5O2/c17-11-3-1-10(2-4-11)16(5-6-16)22-15-20-7-9(8-21-15)13(25)23-24-14(26)12(18)19/h1-4,7-8,12H,5-6H2,(H,23,25)(H,24,26)(H,20,21,22). The van der Waals surface area contributed by atoms with E-state index >= 15 is 0 Å². The van der Waals surface area contributed by atoms with E-state index in [1.54, 1.807) is 17.6 Å². The topological polar surface area (TPSA) is 96.0 Å². The molecule has 0 bridgehead atoms. The number of anilines is 1. The van der Waals surface area contributed by atoms with Gasteiger partial charge in [-0.05, 0) is 30.5 Å². The van der Waals surface area contributed by atoms with Crippen molar-refractivity contribution in [1.82, 2.24) is 20.8 Å². The molecule has 0 spiro atoms. The number of carbonyl (C=O) groups is 2. The molecule has 10 heteroatoms. The summed E-state index contributed by atoms with van der Waals surface area (Å²) in [7, 11) is 0. The number of hydrogen-bond acceptors (Lipinski definition) is 5. The molecular formula is C16H14ClF2N5O2. The van der Waals surface area contributed by atoms with Crippen molar-refractivity contribution in [2.75, 3.05) is 5.32 Å². The van der Waals surface area contributed by atoms with Crippen LogP contribution in [0.15, 0.2) is 36.7 Å². The van der Waals surface area contributed by atoms with Gasteiger partial charge in [0.1, 0.15) is 0 Å². The highest BCUT2D eigenvalue weighted by atomic mass is 35.5. The Balaban J connectivity index is 1.62. The van der Waals surface area contributed by atoms with Crippen LogP contribution in [0.3, 0.4) is 0 Å². The number of hydrogen-bond donors (Lipinski definition) is 3. The lowest BCUT2D eigenvalue weighted by Crippen LogP contribution is -2.44. The number of benzene rings is 1. The second-order valence-corrected chi connectivity index (χ2v) is 6.19. The van der Waals surface area contributed by atoms with E-state index in [0.717, 1.165) is 18.4 Å². The molecule has 136 valence electrons. The zero-order chi connectivity index (χ0) is 18.7. The predicted molar refractivity (Wildman–Crippen MR) is 89.6 cm³/mol. The van der Waals surface area contributed by atoms with Crippen LogP contribution in [0.25, 0.3) is 0 Å². The number of amides is 2. The van der Waals surface area contributed by atoms with Gasteiger partial charge in [-0.3, -0.25) is 20.4 Å². The summed E-state index contributed by atoms with van der Waals surface area (Å²) in [6.07, 6.45) is 1.05. The van der Waals surface area contributed by atoms with Gasteiger partial charge in [-0.15, -0.1) is 0 Å². The first kappa shape index (κ1) is 18.0. The lowest BCUT2D eigenvalue weighted by Gasteiger charge is -2.18. The van der Waals surface area contributed by atoms with Crippen molar-refractivity contribution in [3.63, 3.8) is 0 Å². The average molecular weight is 382 g/mol. The van der Waals surface area contributed by atoms with Crippen LogP contribution < -0.4 is 16.2 Å². The Hall–Kier alpha value is -2.81. The summed E-state index contributed by atoms with van der Waals surface area (Å²) in [4.78, 5) is 30.6. The normalized spacial score (nSPS) is 14.6. The zero-order valence-corrected chi connectivity index (χ0v) is 14.1. The summed E-state index contributed by atoms with van der Waals surface area (Å²) >= 11 is 5.90. The van der Waals surface area contributed by atoms with E-state index in [-0.39, 0.29) is 11.1 Å². The molecule has 7 nitrogen and oxygen atoms in total. The molecule has 0 radical (unpaired) electrons. The number of hydrazine groups is 1. The molecule has 0 saturated heterocycles. The van der Waals surface area contributed by atoms with Crippen LogP contribution in [0.1, 0.15) is 28.8 Å². The highest BCUT2D eigenvalue weighted by Gasteiger charge is 2.44.